The van der Waals surface area contributed by atoms with Crippen molar-refractivity contribution in [3.63, 3.8) is 0 Å². The van der Waals surface area contributed by atoms with Gasteiger partial charge in [0.05, 0.1) is 0 Å². The summed E-state index contributed by atoms with van der Waals surface area (Å²) in [6, 6.07) is 16.2. The van der Waals surface area contributed by atoms with Gasteiger partial charge in [-0.2, -0.15) is 0 Å². The molecular weight excluding hydrogens is 348 g/mol. The minimum atomic E-state index is -0.00741. The fraction of sp³-hybridized carbons (Fsp3) is 0.417. The Hall–Kier alpha value is -2.62. The van der Waals surface area contributed by atoms with E-state index in [2.05, 4.69) is 36.6 Å². The van der Waals surface area contributed by atoms with Crippen molar-refractivity contribution in [2.24, 2.45) is 11.8 Å². The topological polar surface area (TPSA) is 58.2 Å². The summed E-state index contributed by atoms with van der Waals surface area (Å²) in [7, 11) is 0. The highest BCUT2D eigenvalue weighted by molar-refractivity contribution is 5.92. The monoisotopic (exact) mass is 378 g/mol. The summed E-state index contributed by atoms with van der Waals surface area (Å²) >= 11 is 0. The Kier molecular flexibility index (Phi) is 6.85. The zero-order chi connectivity index (χ0) is 19.9. The molecule has 4 nitrogen and oxygen atoms in total. The van der Waals surface area contributed by atoms with Gasteiger partial charge in [-0.05, 0) is 62.3 Å². The van der Waals surface area contributed by atoms with Crippen molar-refractivity contribution in [2.45, 2.75) is 52.5 Å². The van der Waals surface area contributed by atoms with Crippen molar-refractivity contribution in [3.05, 3.63) is 65.2 Å². The average Bonchev–Trinajstić information content (AvgIpc) is 2.73. The van der Waals surface area contributed by atoms with Gasteiger partial charge in [-0.15, -0.1) is 0 Å². The van der Waals surface area contributed by atoms with Gasteiger partial charge in [-0.25, -0.2) is 0 Å². The zero-order valence-corrected chi connectivity index (χ0v) is 16.8. The van der Waals surface area contributed by atoms with E-state index < -0.39 is 0 Å². The molecule has 1 aliphatic carbocycles. The van der Waals surface area contributed by atoms with Gasteiger partial charge in [-0.3, -0.25) is 9.59 Å². The maximum absolute atomic E-state index is 12.5. The highest BCUT2D eigenvalue weighted by Crippen LogP contribution is 2.30. The normalized spacial score (nSPS) is 19.1. The van der Waals surface area contributed by atoms with Crippen LogP contribution >= 0.6 is 0 Å². The fourth-order valence-corrected chi connectivity index (χ4v) is 3.73. The molecule has 0 unspecified atom stereocenters. The molecule has 148 valence electrons. The Bertz CT molecular complexity index is 788. The molecule has 0 atom stereocenters. The predicted octanol–water partition coefficient (Wildman–Crippen LogP) is 4.62. The van der Waals surface area contributed by atoms with Gasteiger partial charge < -0.3 is 10.6 Å². The van der Waals surface area contributed by atoms with Crippen molar-refractivity contribution in [1.82, 2.24) is 5.32 Å². The van der Waals surface area contributed by atoms with Crippen LogP contribution in [0.2, 0.25) is 0 Å². The second-order valence-electron chi connectivity index (χ2n) is 7.79. The molecular formula is C24H30N2O2. The van der Waals surface area contributed by atoms with Crippen LogP contribution < -0.4 is 10.6 Å². The lowest BCUT2D eigenvalue weighted by molar-refractivity contribution is -0.128. The number of carbonyl (C=O) groups excluding carboxylic acids is 2. The van der Waals surface area contributed by atoms with Crippen molar-refractivity contribution in [2.75, 3.05) is 5.32 Å². The minimum Gasteiger partial charge on any atom is -0.352 e. The average molecular weight is 379 g/mol. The van der Waals surface area contributed by atoms with Crippen molar-refractivity contribution in [1.29, 1.82) is 0 Å². The van der Waals surface area contributed by atoms with E-state index in [4.69, 9.17) is 0 Å². The van der Waals surface area contributed by atoms with Gasteiger partial charge in [0, 0.05) is 24.1 Å². The van der Waals surface area contributed by atoms with Crippen molar-refractivity contribution in [3.8, 4) is 0 Å². The van der Waals surface area contributed by atoms with E-state index in [1.54, 1.807) is 0 Å². The Labute approximate surface area is 167 Å². The molecule has 0 spiro atoms. The lowest BCUT2D eigenvalue weighted by atomic mass is 9.81. The molecule has 0 saturated heterocycles. The maximum Gasteiger partial charge on any atom is 0.227 e. The number of hydrogen-bond donors (Lipinski definition) is 2. The standard InChI is InChI=1S/C24H30N2O2/c1-3-18-8-14-22(15-9-18)26-24(28)21-12-10-20(11-13-21)23(27)25-16-19-6-4-17(2)5-7-19/h4-9,14-15,20-21H,3,10-13,16H2,1-2H3,(H,25,27)(H,26,28). The number of anilines is 1. The second kappa shape index (κ2) is 9.54. The summed E-state index contributed by atoms with van der Waals surface area (Å²) in [6.07, 6.45) is 4.06. The molecule has 3 rings (SSSR count). The van der Waals surface area contributed by atoms with Crippen LogP contribution in [0.15, 0.2) is 48.5 Å². The highest BCUT2D eigenvalue weighted by Gasteiger charge is 2.29. The Morgan fingerprint density at radius 1 is 0.821 bits per heavy atom. The van der Waals surface area contributed by atoms with E-state index in [-0.39, 0.29) is 23.7 Å². The summed E-state index contributed by atoms with van der Waals surface area (Å²) in [6.45, 7) is 4.73. The van der Waals surface area contributed by atoms with E-state index in [0.717, 1.165) is 43.4 Å². The molecule has 1 saturated carbocycles. The molecule has 1 aliphatic rings. The third-order valence-electron chi connectivity index (χ3n) is 5.69. The minimum absolute atomic E-state index is 0.00741. The van der Waals surface area contributed by atoms with E-state index in [1.165, 1.54) is 11.1 Å². The number of carbonyl (C=O) groups is 2. The summed E-state index contributed by atoms with van der Waals surface area (Å²) in [4.78, 5) is 25.0. The lowest BCUT2D eigenvalue weighted by Crippen LogP contribution is -2.35. The molecule has 2 aromatic carbocycles. The summed E-state index contributed by atoms with van der Waals surface area (Å²) < 4.78 is 0. The first-order chi connectivity index (χ1) is 13.5. The number of hydrogen-bond acceptors (Lipinski definition) is 2. The smallest absolute Gasteiger partial charge is 0.227 e. The first-order valence-corrected chi connectivity index (χ1v) is 10.3. The molecule has 2 amide bonds. The third kappa shape index (κ3) is 5.44. The van der Waals surface area contributed by atoms with Crippen LogP contribution in [-0.4, -0.2) is 11.8 Å². The first-order valence-electron chi connectivity index (χ1n) is 10.3. The molecule has 0 aromatic heterocycles. The fourth-order valence-electron chi connectivity index (χ4n) is 3.73. The van der Waals surface area contributed by atoms with Crippen LogP contribution in [-0.2, 0) is 22.6 Å². The van der Waals surface area contributed by atoms with Gasteiger partial charge in [-0.1, -0.05) is 48.9 Å². The molecule has 0 aliphatic heterocycles. The quantitative estimate of drug-likeness (QED) is 0.771. The molecule has 0 bridgehead atoms. The Morgan fingerprint density at radius 3 is 1.93 bits per heavy atom. The molecule has 2 aromatic rings. The SMILES string of the molecule is CCc1ccc(NC(=O)C2CCC(C(=O)NCc3ccc(C)cc3)CC2)cc1. The van der Waals surface area contributed by atoms with Gasteiger partial charge in [0.1, 0.15) is 0 Å². The summed E-state index contributed by atoms with van der Waals surface area (Å²) in [5.74, 6) is 0.183. The van der Waals surface area contributed by atoms with Crippen LogP contribution in [0.3, 0.4) is 0 Å². The summed E-state index contributed by atoms with van der Waals surface area (Å²) in [5, 5.41) is 6.06. The highest BCUT2D eigenvalue weighted by atomic mass is 16.2. The van der Waals surface area contributed by atoms with Crippen LogP contribution in [0, 0.1) is 18.8 Å². The first kappa shape index (κ1) is 20.1. The Balaban J connectivity index is 1.43. The predicted molar refractivity (Wildman–Crippen MR) is 113 cm³/mol. The summed E-state index contributed by atoms with van der Waals surface area (Å²) in [5.41, 5.74) is 4.43. The second-order valence-corrected chi connectivity index (χ2v) is 7.79. The van der Waals surface area contributed by atoms with E-state index in [0.29, 0.717) is 6.54 Å². The van der Waals surface area contributed by atoms with Crippen molar-refractivity contribution >= 4 is 17.5 Å². The molecule has 1 fully saturated rings. The van der Waals surface area contributed by atoms with Gasteiger partial charge >= 0.3 is 0 Å². The van der Waals surface area contributed by atoms with E-state index >= 15 is 0 Å². The number of benzene rings is 2. The van der Waals surface area contributed by atoms with Gasteiger partial charge in [0.15, 0.2) is 0 Å². The van der Waals surface area contributed by atoms with Crippen LogP contribution in [0.5, 0.6) is 0 Å². The van der Waals surface area contributed by atoms with Crippen LogP contribution in [0.4, 0.5) is 5.69 Å². The zero-order valence-electron chi connectivity index (χ0n) is 16.8. The largest absolute Gasteiger partial charge is 0.352 e. The number of nitrogens with one attached hydrogen (secondary N) is 2. The maximum atomic E-state index is 12.5. The van der Waals surface area contributed by atoms with Crippen molar-refractivity contribution < 1.29 is 9.59 Å². The molecule has 2 N–H and O–H groups in total. The molecule has 4 heteroatoms. The van der Waals surface area contributed by atoms with Crippen LogP contribution in [0.25, 0.3) is 0 Å². The van der Waals surface area contributed by atoms with Gasteiger partial charge in [0.2, 0.25) is 11.8 Å². The molecule has 28 heavy (non-hydrogen) atoms. The lowest BCUT2D eigenvalue weighted by Gasteiger charge is -2.27. The van der Waals surface area contributed by atoms with Crippen LogP contribution in [0.1, 0.15) is 49.3 Å². The molecule has 0 heterocycles. The third-order valence-corrected chi connectivity index (χ3v) is 5.69. The number of amides is 2. The number of aryl methyl sites for hydroxylation is 2. The van der Waals surface area contributed by atoms with Gasteiger partial charge in [0.25, 0.3) is 0 Å². The van der Waals surface area contributed by atoms with E-state index in [9.17, 15) is 9.59 Å². The van der Waals surface area contributed by atoms with E-state index in [1.807, 2.05) is 36.4 Å². The Morgan fingerprint density at radius 2 is 1.36 bits per heavy atom. The number of rotatable bonds is 6. The molecule has 0 radical (unpaired) electrons.